The lowest BCUT2D eigenvalue weighted by atomic mass is 10.2. The van der Waals surface area contributed by atoms with E-state index in [4.69, 9.17) is 5.11 Å². The Morgan fingerprint density at radius 2 is 2.25 bits per heavy atom. The molecule has 1 aromatic rings. The SMILES string of the molecule is Cc1ccc(NC(=O)CCC(C)O)c(Br)c1. The van der Waals surface area contributed by atoms with Crippen molar-refractivity contribution >= 4 is 27.5 Å². The number of aryl methyl sites for hydroxylation is 1. The van der Waals surface area contributed by atoms with Gasteiger partial charge in [0.2, 0.25) is 5.91 Å². The summed E-state index contributed by atoms with van der Waals surface area (Å²) in [4.78, 5) is 11.5. The van der Waals surface area contributed by atoms with Crippen LogP contribution in [-0.2, 0) is 4.79 Å². The van der Waals surface area contributed by atoms with Gasteiger partial charge in [-0.1, -0.05) is 6.07 Å². The van der Waals surface area contributed by atoms with Crippen molar-refractivity contribution in [2.75, 3.05) is 5.32 Å². The highest BCUT2D eigenvalue weighted by atomic mass is 79.9. The summed E-state index contributed by atoms with van der Waals surface area (Å²) < 4.78 is 0.873. The third kappa shape index (κ3) is 4.33. The van der Waals surface area contributed by atoms with Crippen molar-refractivity contribution in [2.24, 2.45) is 0 Å². The molecule has 88 valence electrons. The molecule has 1 unspecified atom stereocenters. The third-order valence-electron chi connectivity index (χ3n) is 2.19. The van der Waals surface area contributed by atoms with Crippen LogP contribution in [0.5, 0.6) is 0 Å². The lowest BCUT2D eigenvalue weighted by Crippen LogP contribution is -2.14. The van der Waals surface area contributed by atoms with Crippen molar-refractivity contribution in [2.45, 2.75) is 32.8 Å². The summed E-state index contributed by atoms with van der Waals surface area (Å²) in [7, 11) is 0. The Morgan fingerprint density at radius 3 is 2.81 bits per heavy atom. The molecule has 0 saturated carbocycles. The van der Waals surface area contributed by atoms with Crippen LogP contribution in [0.25, 0.3) is 0 Å². The van der Waals surface area contributed by atoms with Crippen molar-refractivity contribution < 1.29 is 9.90 Å². The van der Waals surface area contributed by atoms with Gasteiger partial charge in [-0.15, -0.1) is 0 Å². The van der Waals surface area contributed by atoms with E-state index < -0.39 is 6.10 Å². The van der Waals surface area contributed by atoms with E-state index in [1.807, 2.05) is 25.1 Å². The molecule has 0 spiro atoms. The van der Waals surface area contributed by atoms with Gasteiger partial charge in [0.05, 0.1) is 11.8 Å². The minimum atomic E-state index is -0.438. The van der Waals surface area contributed by atoms with Crippen LogP contribution < -0.4 is 5.32 Å². The summed E-state index contributed by atoms with van der Waals surface area (Å²) in [6.07, 6.45) is 0.375. The van der Waals surface area contributed by atoms with Gasteiger partial charge in [-0.25, -0.2) is 0 Å². The van der Waals surface area contributed by atoms with Crippen LogP contribution in [0.4, 0.5) is 5.69 Å². The third-order valence-corrected chi connectivity index (χ3v) is 2.84. The van der Waals surface area contributed by atoms with E-state index in [-0.39, 0.29) is 5.91 Å². The minimum absolute atomic E-state index is 0.0783. The number of amides is 1. The van der Waals surface area contributed by atoms with E-state index in [1.165, 1.54) is 0 Å². The summed E-state index contributed by atoms with van der Waals surface area (Å²) in [5.41, 5.74) is 1.90. The fraction of sp³-hybridized carbons (Fsp3) is 0.417. The van der Waals surface area contributed by atoms with Crippen molar-refractivity contribution in [1.29, 1.82) is 0 Å². The number of aliphatic hydroxyl groups excluding tert-OH is 1. The number of anilines is 1. The maximum absolute atomic E-state index is 11.5. The van der Waals surface area contributed by atoms with E-state index in [0.717, 1.165) is 15.7 Å². The molecule has 0 saturated heterocycles. The Labute approximate surface area is 104 Å². The molecule has 16 heavy (non-hydrogen) atoms. The number of aliphatic hydroxyl groups is 1. The summed E-state index contributed by atoms with van der Waals surface area (Å²) >= 11 is 3.39. The first kappa shape index (κ1) is 13.2. The monoisotopic (exact) mass is 285 g/mol. The normalized spacial score (nSPS) is 12.2. The zero-order valence-corrected chi connectivity index (χ0v) is 11.0. The Morgan fingerprint density at radius 1 is 1.56 bits per heavy atom. The van der Waals surface area contributed by atoms with Gasteiger partial charge >= 0.3 is 0 Å². The lowest BCUT2D eigenvalue weighted by Gasteiger charge is -2.08. The molecule has 0 aliphatic rings. The Bertz CT molecular complexity index is 377. The topological polar surface area (TPSA) is 49.3 Å². The first-order valence-electron chi connectivity index (χ1n) is 5.23. The zero-order chi connectivity index (χ0) is 12.1. The average molecular weight is 286 g/mol. The summed E-state index contributed by atoms with van der Waals surface area (Å²) in [5, 5.41) is 11.9. The van der Waals surface area contributed by atoms with Gasteiger partial charge in [0.1, 0.15) is 0 Å². The average Bonchev–Trinajstić information content (AvgIpc) is 2.19. The van der Waals surface area contributed by atoms with Crippen LogP contribution in [0, 0.1) is 6.92 Å². The van der Waals surface area contributed by atoms with Crippen molar-refractivity contribution in [1.82, 2.24) is 0 Å². The summed E-state index contributed by atoms with van der Waals surface area (Å²) in [5.74, 6) is -0.0783. The van der Waals surface area contributed by atoms with Crippen molar-refractivity contribution in [3.05, 3.63) is 28.2 Å². The second-order valence-corrected chi connectivity index (χ2v) is 4.77. The number of hydrogen-bond acceptors (Lipinski definition) is 2. The molecule has 0 heterocycles. The van der Waals surface area contributed by atoms with Crippen LogP contribution in [0.3, 0.4) is 0 Å². The second kappa shape index (κ2) is 6.01. The summed E-state index contributed by atoms with van der Waals surface area (Å²) in [6, 6.07) is 5.75. The quantitative estimate of drug-likeness (QED) is 0.894. The molecule has 0 radical (unpaired) electrons. The predicted molar refractivity (Wildman–Crippen MR) is 68.4 cm³/mol. The molecule has 1 aromatic carbocycles. The van der Waals surface area contributed by atoms with E-state index in [1.54, 1.807) is 6.92 Å². The van der Waals surface area contributed by atoms with E-state index >= 15 is 0 Å². The summed E-state index contributed by atoms with van der Waals surface area (Å²) in [6.45, 7) is 3.67. The van der Waals surface area contributed by atoms with Crippen LogP contribution in [0.1, 0.15) is 25.3 Å². The molecule has 1 amide bonds. The minimum Gasteiger partial charge on any atom is -0.393 e. The highest BCUT2D eigenvalue weighted by Crippen LogP contribution is 2.23. The molecule has 0 bridgehead atoms. The number of rotatable bonds is 4. The first-order chi connectivity index (χ1) is 7.49. The van der Waals surface area contributed by atoms with E-state index in [2.05, 4.69) is 21.2 Å². The maximum atomic E-state index is 11.5. The van der Waals surface area contributed by atoms with E-state index in [9.17, 15) is 4.79 Å². The standard InChI is InChI=1S/C12H16BrNO2/c1-8-3-5-11(10(13)7-8)14-12(16)6-4-9(2)15/h3,5,7,9,15H,4,6H2,1-2H3,(H,14,16). The molecule has 1 rings (SSSR count). The Hall–Kier alpha value is -0.870. The van der Waals surface area contributed by atoms with Crippen LogP contribution in [0.2, 0.25) is 0 Å². The Kier molecular flexibility index (Phi) is 4.96. The highest BCUT2D eigenvalue weighted by molar-refractivity contribution is 9.10. The maximum Gasteiger partial charge on any atom is 0.224 e. The molecule has 2 N–H and O–H groups in total. The van der Waals surface area contributed by atoms with Gasteiger partial charge in [0.25, 0.3) is 0 Å². The molecule has 0 aliphatic heterocycles. The smallest absolute Gasteiger partial charge is 0.224 e. The van der Waals surface area contributed by atoms with Crippen LogP contribution in [0.15, 0.2) is 22.7 Å². The largest absolute Gasteiger partial charge is 0.393 e. The second-order valence-electron chi connectivity index (χ2n) is 3.92. The number of hydrogen-bond donors (Lipinski definition) is 2. The molecule has 0 aromatic heterocycles. The van der Waals surface area contributed by atoms with Gasteiger partial charge in [0.15, 0.2) is 0 Å². The number of carbonyl (C=O) groups excluding carboxylic acids is 1. The molecular formula is C12H16BrNO2. The van der Waals surface area contributed by atoms with Crippen molar-refractivity contribution in [3.63, 3.8) is 0 Å². The molecule has 1 atom stereocenters. The number of halogens is 1. The molecular weight excluding hydrogens is 270 g/mol. The zero-order valence-electron chi connectivity index (χ0n) is 9.46. The Balaban J connectivity index is 2.56. The van der Waals surface area contributed by atoms with Crippen molar-refractivity contribution in [3.8, 4) is 0 Å². The number of carbonyl (C=O) groups is 1. The number of nitrogens with one attached hydrogen (secondary N) is 1. The number of benzene rings is 1. The lowest BCUT2D eigenvalue weighted by molar-refractivity contribution is -0.116. The van der Waals surface area contributed by atoms with Gasteiger partial charge in [0, 0.05) is 10.9 Å². The molecule has 3 nitrogen and oxygen atoms in total. The van der Waals surface area contributed by atoms with Gasteiger partial charge in [-0.05, 0) is 53.9 Å². The molecule has 0 fully saturated rings. The van der Waals surface area contributed by atoms with Crippen LogP contribution in [-0.4, -0.2) is 17.1 Å². The van der Waals surface area contributed by atoms with Crippen LogP contribution >= 0.6 is 15.9 Å². The highest BCUT2D eigenvalue weighted by Gasteiger charge is 2.06. The van der Waals surface area contributed by atoms with Gasteiger partial charge in [-0.2, -0.15) is 0 Å². The molecule has 0 aliphatic carbocycles. The fourth-order valence-corrected chi connectivity index (χ4v) is 1.87. The predicted octanol–water partition coefficient (Wildman–Crippen LogP) is 2.86. The molecule has 4 heteroatoms. The first-order valence-corrected chi connectivity index (χ1v) is 6.02. The van der Waals surface area contributed by atoms with E-state index in [0.29, 0.717) is 12.8 Å². The van der Waals surface area contributed by atoms with Gasteiger partial charge in [-0.3, -0.25) is 4.79 Å². The van der Waals surface area contributed by atoms with Gasteiger partial charge < -0.3 is 10.4 Å². The fourth-order valence-electron chi connectivity index (χ4n) is 1.27.